The lowest BCUT2D eigenvalue weighted by atomic mass is 10.1. The molecule has 0 unspecified atom stereocenters. The second-order valence-corrected chi connectivity index (χ2v) is 3.53. The number of nitrogens with two attached hydrogens (primary N) is 1. The van der Waals surface area contributed by atoms with Crippen molar-refractivity contribution in [3.8, 4) is 16.9 Å². The third-order valence-corrected chi connectivity index (χ3v) is 2.30. The van der Waals surface area contributed by atoms with E-state index in [9.17, 15) is 8.78 Å². The first-order valence-electron chi connectivity index (χ1n) is 5.06. The Morgan fingerprint density at radius 2 is 1.65 bits per heavy atom. The fraction of sp³-hybridized carbons (Fsp3) is 0.0769. The molecule has 0 aromatic heterocycles. The normalized spacial score (nSPS) is 10.5. The first-order chi connectivity index (χ1) is 8.15. The van der Waals surface area contributed by atoms with E-state index in [1.165, 1.54) is 6.07 Å². The molecule has 0 bridgehead atoms. The van der Waals surface area contributed by atoms with Crippen molar-refractivity contribution in [1.82, 2.24) is 0 Å². The van der Waals surface area contributed by atoms with Gasteiger partial charge in [-0.15, -0.1) is 0 Å². The molecule has 0 heterocycles. The maximum Gasteiger partial charge on any atom is 0.387 e. The predicted octanol–water partition coefficient (Wildman–Crippen LogP) is 3.54. The SMILES string of the molecule is Nc1ccc(-c2cccc(OC(F)F)c2)cc1. The summed E-state index contributed by atoms with van der Waals surface area (Å²) in [5, 5.41) is 0. The van der Waals surface area contributed by atoms with E-state index in [1.807, 2.05) is 18.2 Å². The third kappa shape index (κ3) is 2.93. The van der Waals surface area contributed by atoms with Crippen LogP contribution in [0.5, 0.6) is 5.75 Å². The van der Waals surface area contributed by atoms with Crippen LogP contribution in [-0.4, -0.2) is 6.61 Å². The van der Waals surface area contributed by atoms with Gasteiger partial charge in [-0.25, -0.2) is 0 Å². The average molecular weight is 235 g/mol. The van der Waals surface area contributed by atoms with Gasteiger partial charge in [0.25, 0.3) is 0 Å². The molecule has 2 aromatic carbocycles. The topological polar surface area (TPSA) is 35.2 Å². The minimum Gasteiger partial charge on any atom is -0.435 e. The van der Waals surface area contributed by atoms with Gasteiger partial charge in [0.05, 0.1) is 0 Å². The highest BCUT2D eigenvalue weighted by Crippen LogP contribution is 2.25. The molecule has 0 spiro atoms. The molecule has 0 atom stereocenters. The van der Waals surface area contributed by atoms with Gasteiger partial charge in [-0.2, -0.15) is 8.78 Å². The molecule has 17 heavy (non-hydrogen) atoms. The lowest BCUT2D eigenvalue weighted by Gasteiger charge is -2.07. The number of rotatable bonds is 3. The van der Waals surface area contributed by atoms with E-state index in [0.29, 0.717) is 5.69 Å². The molecule has 0 amide bonds. The first kappa shape index (κ1) is 11.4. The van der Waals surface area contributed by atoms with Crippen molar-refractivity contribution in [1.29, 1.82) is 0 Å². The van der Waals surface area contributed by atoms with E-state index >= 15 is 0 Å². The summed E-state index contributed by atoms with van der Waals surface area (Å²) < 4.78 is 28.5. The average Bonchev–Trinajstić information content (AvgIpc) is 2.29. The van der Waals surface area contributed by atoms with E-state index in [0.717, 1.165) is 11.1 Å². The van der Waals surface area contributed by atoms with Crippen LogP contribution in [0.3, 0.4) is 0 Å². The van der Waals surface area contributed by atoms with Crippen molar-refractivity contribution in [3.05, 3.63) is 48.5 Å². The standard InChI is InChI=1S/C13H11F2NO/c14-13(15)17-12-3-1-2-10(8-12)9-4-6-11(16)7-5-9/h1-8,13H,16H2. The lowest BCUT2D eigenvalue weighted by Crippen LogP contribution is -2.01. The molecular formula is C13H11F2NO. The van der Waals surface area contributed by atoms with Crippen molar-refractivity contribution in [2.75, 3.05) is 5.73 Å². The van der Waals surface area contributed by atoms with Gasteiger partial charge in [0.2, 0.25) is 0 Å². The Bertz CT molecular complexity index is 497. The van der Waals surface area contributed by atoms with E-state index in [2.05, 4.69) is 4.74 Å². The molecule has 88 valence electrons. The van der Waals surface area contributed by atoms with Crippen molar-refractivity contribution < 1.29 is 13.5 Å². The van der Waals surface area contributed by atoms with Crippen LogP contribution in [-0.2, 0) is 0 Å². The van der Waals surface area contributed by atoms with Crippen molar-refractivity contribution >= 4 is 5.69 Å². The number of hydrogen-bond donors (Lipinski definition) is 1. The molecule has 2 nitrogen and oxygen atoms in total. The van der Waals surface area contributed by atoms with Crippen LogP contribution in [0.1, 0.15) is 0 Å². The number of benzene rings is 2. The number of alkyl halides is 2. The zero-order valence-corrected chi connectivity index (χ0v) is 8.94. The summed E-state index contributed by atoms with van der Waals surface area (Å²) in [4.78, 5) is 0. The van der Waals surface area contributed by atoms with Gasteiger partial charge in [-0.1, -0.05) is 24.3 Å². The predicted molar refractivity (Wildman–Crippen MR) is 62.9 cm³/mol. The fourth-order valence-corrected chi connectivity index (χ4v) is 1.53. The van der Waals surface area contributed by atoms with E-state index < -0.39 is 6.61 Å². The molecule has 0 aliphatic carbocycles. The number of anilines is 1. The van der Waals surface area contributed by atoms with Crippen molar-refractivity contribution in [2.45, 2.75) is 6.61 Å². The van der Waals surface area contributed by atoms with Crippen LogP contribution in [0.2, 0.25) is 0 Å². The van der Waals surface area contributed by atoms with Crippen molar-refractivity contribution in [2.24, 2.45) is 0 Å². The number of ether oxygens (including phenoxy) is 1. The van der Waals surface area contributed by atoms with Gasteiger partial charge < -0.3 is 10.5 Å². The van der Waals surface area contributed by atoms with Crippen LogP contribution in [0.15, 0.2) is 48.5 Å². The Hall–Kier alpha value is -2.10. The third-order valence-electron chi connectivity index (χ3n) is 2.30. The Balaban J connectivity index is 2.29. The molecule has 0 aliphatic heterocycles. The number of halogens is 2. The molecule has 2 N–H and O–H groups in total. The fourth-order valence-electron chi connectivity index (χ4n) is 1.53. The van der Waals surface area contributed by atoms with Crippen LogP contribution < -0.4 is 10.5 Å². The zero-order chi connectivity index (χ0) is 12.3. The molecular weight excluding hydrogens is 224 g/mol. The van der Waals surface area contributed by atoms with Gasteiger partial charge in [0, 0.05) is 5.69 Å². The largest absolute Gasteiger partial charge is 0.435 e. The highest BCUT2D eigenvalue weighted by molar-refractivity contribution is 5.66. The Kier molecular flexibility index (Phi) is 3.23. The monoisotopic (exact) mass is 235 g/mol. The maximum atomic E-state index is 12.1. The van der Waals surface area contributed by atoms with Crippen LogP contribution >= 0.6 is 0 Å². The Morgan fingerprint density at radius 1 is 0.941 bits per heavy atom. The van der Waals surface area contributed by atoms with Gasteiger partial charge in [-0.05, 0) is 35.4 Å². The summed E-state index contributed by atoms with van der Waals surface area (Å²) in [6, 6.07) is 13.7. The molecule has 0 saturated heterocycles. The number of hydrogen-bond acceptors (Lipinski definition) is 2. The first-order valence-corrected chi connectivity index (χ1v) is 5.06. The molecule has 0 saturated carbocycles. The lowest BCUT2D eigenvalue weighted by molar-refractivity contribution is -0.0498. The maximum absolute atomic E-state index is 12.1. The molecule has 0 radical (unpaired) electrons. The van der Waals surface area contributed by atoms with Crippen LogP contribution in [0.4, 0.5) is 14.5 Å². The van der Waals surface area contributed by atoms with Crippen molar-refractivity contribution in [3.63, 3.8) is 0 Å². The van der Waals surface area contributed by atoms with Crippen LogP contribution in [0, 0.1) is 0 Å². The quantitative estimate of drug-likeness (QED) is 0.826. The second kappa shape index (κ2) is 4.82. The summed E-state index contributed by atoms with van der Waals surface area (Å²) >= 11 is 0. The molecule has 2 rings (SSSR count). The highest BCUT2D eigenvalue weighted by Gasteiger charge is 2.05. The van der Waals surface area contributed by atoms with E-state index in [-0.39, 0.29) is 5.75 Å². The van der Waals surface area contributed by atoms with E-state index in [1.54, 1.807) is 24.3 Å². The zero-order valence-electron chi connectivity index (χ0n) is 8.94. The molecule has 4 heteroatoms. The molecule has 0 fully saturated rings. The van der Waals surface area contributed by atoms with Gasteiger partial charge in [0.15, 0.2) is 0 Å². The number of nitrogen functional groups attached to an aromatic ring is 1. The second-order valence-electron chi connectivity index (χ2n) is 3.53. The Morgan fingerprint density at radius 3 is 2.29 bits per heavy atom. The summed E-state index contributed by atoms with van der Waals surface area (Å²) in [6.07, 6.45) is 0. The van der Waals surface area contributed by atoms with Gasteiger partial charge in [-0.3, -0.25) is 0 Å². The minimum absolute atomic E-state index is 0.148. The highest BCUT2D eigenvalue weighted by atomic mass is 19.3. The summed E-state index contributed by atoms with van der Waals surface area (Å²) in [6.45, 7) is -2.81. The Labute approximate surface area is 97.6 Å². The van der Waals surface area contributed by atoms with Crippen LogP contribution in [0.25, 0.3) is 11.1 Å². The summed E-state index contributed by atoms with van der Waals surface area (Å²) in [5.74, 6) is 0.148. The smallest absolute Gasteiger partial charge is 0.387 e. The molecule has 0 aliphatic rings. The van der Waals surface area contributed by atoms with E-state index in [4.69, 9.17) is 5.73 Å². The molecule has 2 aromatic rings. The minimum atomic E-state index is -2.81. The van der Waals surface area contributed by atoms with Gasteiger partial charge in [0.1, 0.15) is 5.75 Å². The summed E-state index contributed by atoms with van der Waals surface area (Å²) in [5.41, 5.74) is 7.95. The van der Waals surface area contributed by atoms with Gasteiger partial charge >= 0.3 is 6.61 Å². The summed E-state index contributed by atoms with van der Waals surface area (Å²) in [7, 11) is 0.